The van der Waals surface area contributed by atoms with Crippen LogP contribution in [0.15, 0.2) is 83.8 Å². The van der Waals surface area contributed by atoms with Crippen molar-refractivity contribution in [1.82, 2.24) is 5.32 Å². The van der Waals surface area contributed by atoms with E-state index in [1.165, 1.54) is 19.2 Å². The lowest BCUT2D eigenvalue weighted by Gasteiger charge is -2.24. The SMILES string of the molecule is CCOc1ccc(CNC(=O)CN(c2ccccc2)S(=O)(=O)c2ccc(OC)cc2)cc1. The van der Waals surface area contributed by atoms with Crippen molar-refractivity contribution >= 4 is 21.6 Å². The predicted molar refractivity (Wildman–Crippen MR) is 123 cm³/mol. The topological polar surface area (TPSA) is 84.9 Å². The van der Waals surface area contributed by atoms with Gasteiger partial charge >= 0.3 is 0 Å². The maximum atomic E-state index is 13.3. The molecule has 0 atom stereocenters. The number of sulfonamides is 1. The lowest BCUT2D eigenvalue weighted by Crippen LogP contribution is -2.40. The first-order chi connectivity index (χ1) is 15.4. The van der Waals surface area contributed by atoms with Gasteiger partial charge in [0.05, 0.1) is 24.3 Å². The van der Waals surface area contributed by atoms with Gasteiger partial charge < -0.3 is 14.8 Å². The van der Waals surface area contributed by atoms with Crippen LogP contribution in [0, 0.1) is 0 Å². The highest BCUT2D eigenvalue weighted by molar-refractivity contribution is 7.92. The molecule has 0 aliphatic rings. The molecule has 0 spiro atoms. The van der Waals surface area contributed by atoms with Gasteiger partial charge in [-0.05, 0) is 61.0 Å². The summed E-state index contributed by atoms with van der Waals surface area (Å²) in [6.07, 6.45) is 0. The number of rotatable bonds is 10. The molecule has 0 unspecified atom stereocenters. The Kier molecular flexibility index (Phi) is 7.72. The van der Waals surface area contributed by atoms with Gasteiger partial charge in [-0.15, -0.1) is 0 Å². The van der Waals surface area contributed by atoms with Crippen LogP contribution < -0.4 is 19.1 Å². The van der Waals surface area contributed by atoms with Crippen molar-refractivity contribution in [3.63, 3.8) is 0 Å². The quantitative estimate of drug-likeness (QED) is 0.506. The summed E-state index contributed by atoms with van der Waals surface area (Å²) < 4.78 is 38.3. The first-order valence-electron chi connectivity index (χ1n) is 10.1. The van der Waals surface area contributed by atoms with Crippen molar-refractivity contribution in [2.24, 2.45) is 0 Å². The minimum Gasteiger partial charge on any atom is -0.497 e. The van der Waals surface area contributed by atoms with E-state index < -0.39 is 15.9 Å². The highest BCUT2D eigenvalue weighted by Gasteiger charge is 2.27. The van der Waals surface area contributed by atoms with Gasteiger partial charge in [-0.1, -0.05) is 30.3 Å². The average Bonchev–Trinajstić information content (AvgIpc) is 2.83. The van der Waals surface area contributed by atoms with Crippen LogP contribution in [0.1, 0.15) is 12.5 Å². The minimum absolute atomic E-state index is 0.0708. The Bertz CT molecular complexity index is 1120. The van der Waals surface area contributed by atoms with Gasteiger partial charge in [0.15, 0.2) is 0 Å². The second-order valence-electron chi connectivity index (χ2n) is 6.88. The van der Waals surface area contributed by atoms with E-state index in [0.717, 1.165) is 15.6 Å². The minimum atomic E-state index is -3.97. The van der Waals surface area contributed by atoms with Crippen molar-refractivity contribution in [2.75, 3.05) is 24.6 Å². The van der Waals surface area contributed by atoms with Crippen LogP contribution in [0.5, 0.6) is 11.5 Å². The number of ether oxygens (including phenoxy) is 2. The predicted octanol–water partition coefficient (Wildman–Crippen LogP) is 3.61. The molecule has 0 radical (unpaired) electrons. The highest BCUT2D eigenvalue weighted by atomic mass is 32.2. The Morgan fingerprint density at radius 2 is 1.53 bits per heavy atom. The fraction of sp³-hybridized carbons (Fsp3) is 0.208. The lowest BCUT2D eigenvalue weighted by atomic mass is 10.2. The van der Waals surface area contributed by atoms with Gasteiger partial charge in [-0.2, -0.15) is 0 Å². The molecule has 0 saturated heterocycles. The first-order valence-corrected chi connectivity index (χ1v) is 11.6. The third kappa shape index (κ3) is 5.79. The van der Waals surface area contributed by atoms with Crippen molar-refractivity contribution < 1.29 is 22.7 Å². The van der Waals surface area contributed by atoms with Crippen LogP contribution in [-0.2, 0) is 21.4 Å². The van der Waals surface area contributed by atoms with Crippen LogP contribution in [0.2, 0.25) is 0 Å². The zero-order valence-electron chi connectivity index (χ0n) is 18.0. The van der Waals surface area contributed by atoms with E-state index in [-0.39, 0.29) is 18.0 Å². The first kappa shape index (κ1) is 23.1. The number of amides is 1. The molecule has 0 aliphatic heterocycles. The largest absolute Gasteiger partial charge is 0.497 e. The molecule has 0 bridgehead atoms. The van der Waals surface area contributed by atoms with E-state index >= 15 is 0 Å². The molecule has 1 N–H and O–H groups in total. The molecular weight excluding hydrogens is 428 g/mol. The van der Waals surface area contributed by atoms with E-state index in [0.29, 0.717) is 18.0 Å². The standard InChI is InChI=1S/C24H26N2O5S/c1-3-31-22-11-9-19(10-12-22)17-25-24(27)18-26(20-7-5-4-6-8-20)32(28,29)23-15-13-21(30-2)14-16-23/h4-16H,3,17-18H2,1-2H3,(H,25,27). The normalized spacial score (nSPS) is 10.9. The summed E-state index contributed by atoms with van der Waals surface area (Å²) in [5.74, 6) is 0.881. The molecule has 7 nitrogen and oxygen atoms in total. The van der Waals surface area contributed by atoms with E-state index in [1.54, 1.807) is 42.5 Å². The molecule has 0 heterocycles. The van der Waals surface area contributed by atoms with Crippen molar-refractivity contribution in [1.29, 1.82) is 0 Å². The molecule has 0 aromatic heterocycles. The van der Waals surface area contributed by atoms with Gasteiger partial charge in [0, 0.05) is 6.54 Å². The molecule has 0 fully saturated rings. The summed E-state index contributed by atoms with van der Waals surface area (Å²) in [7, 11) is -2.46. The summed E-state index contributed by atoms with van der Waals surface area (Å²) in [5, 5.41) is 2.79. The van der Waals surface area contributed by atoms with Crippen LogP contribution in [-0.4, -0.2) is 34.6 Å². The Morgan fingerprint density at radius 3 is 2.12 bits per heavy atom. The maximum absolute atomic E-state index is 13.3. The second-order valence-corrected chi connectivity index (χ2v) is 8.74. The molecule has 8 heteroatoms. The zero-order valence-corrected chi connectivity index (χ0v) is 18.8. The third-order valence-electron chi connectivity index (χ3n) is 4.70. The Morgan fingerprint density at radius 1 is 0.906 bits per heavy atom. The van der Waals surface area contributed by atoms with E-state index in [1.807, 2.05) is 31.2 Å². The zero-order chi connectivity index (χ0) is 23.0. The number of hydrogen-bond acceptors (Lipinski definition) is 5. The summed E-state index contributed by atoms with van der Waals surface area (Å²) >= 11 is 0. The molecule has 3 aromatic rings. The number of hydrogen-bond donors (Lipinski definition) is 1. The van der Waals surface area contributed by atoms with E-state index in [4.69, 9.17) is 9.47 Å². The number of benzene rings is 3. The third-order valence-corrected chi connectivity index (χ3v) is 6.49. The Labute approximate surface area is 188 Å². The number of nitrogens with zero attached hydrogens (tertiary/aromatic N) is 1. The van der Waals surface area contributed by atoms with Gasteiger partial charge in [-0.25, -0.2) is 8.42 Å². The second kappa shape index (κ2) is 10.7. The number of carbonyl (C=O) groups excluding carboxylic acids is 1. The number of methoxy groups -OCH3 is 1. The van der Waals surface area contributed by atoms with Gasteiger partial charge in [-0.3, -0.25) is 9.10 Å². The number of nitrogens with one attached hydrogen (secondary N) is 1. The van der Waals surface area contributed by atoms with E-state index in [2.05, 4.69) is 5.32 Å². The van der Waals surface area contributed by atoms with E-state index in [9.17, 15) is 13.2 Å². The van der Waals surface area contributed by atoms with Gasteiger partial charge in [0.25, 0.3) is 10.0 Å². The lowest BCUT2D eigenvalue weighted by molar-refractivity contribution is -0.119. The molecule has 3 aromatic carbocycles. The van der Waals surface area contributed by atoms with Crippen LogP contribution in [0.4, 0.5) is 5.69 Å². The van der Waals surface area contributed by atoms with Gasteiger partial charge in [0.1, 0.15) is 18.0 Å². The number of para-hydroxylation sites is 1. The smallest absolute Gasteiger partial charge is 0.264 e. The van der Waals surface area contributed by atoms with Crippen molar-refractivity contribution in [2.45, 2.75) is 18.4 Å². The molecule has 0 saturated carbocycles. The number of carbonyl (C=O) groups is 1. The summed E-state index contributed by atoms with van der Waals surface area (Å²) in [4.78, 5) is 12.8. The van der Waals surface area contributed by atoms with Crippen LogP contribution in [0.3, 0.4) is 0 Å². The summed E-state index contributed by atoms with van der Waals surface area (Å²) in [5.41, 5.74) is 1.28. The molecular formula is C24H26N2O5S. The monoisotopic (exact) mass is 454 g/mol. The highest BCUT2D eigenvalue weighted by Crippen LogP contribution is 2.25. The van der Waals surface area contributed by atoms with Crippen LogP contribution >= 0.6 is 0 Å². The van der Waals surface area contributed by atoms with Crippen molar-refractivity contribution in [3.8, 4) is 11.5 Å². The summed E-state index contributed by atoms with van der Waals surface area (Å²) in [6.45, 7) is 2.41. The van der Waals surface area contributed by atoms with Crippen molar-refractivity contribution in [3.05, 3.63) is 84.4 Å². The Hall–Kier alpha value is -3.52. The average molecular weight is 455 g/mol. The fourth-order valence-corrected chi connectivity index (χ4v) is 4.46. The van der Waals surface area contributed by atoms with Crippen LogP contribution in [0.25, 0.3) is 0 Å². The Balaban J connectivity index is 1.76. The molecule has 168 valence electrons. The molecule has 32 heavy (non-hydrogen) atoms. The van der Waals surface area contributed by atoms with Gasteiger partial charge in [0.2, 0.25) is 5.91 Å². The summed E-state index contributed by atoms with van der Waals surface area (Å²) in [6, 6.07) is 22.0. The maximum Gasteiger partial charge on any atom is 0.264 e. The molecule has 1 amide bonds. The number of anilines is 1. The molecule has 3 rings (SSSR count). The fourth-order valence-electron chi connectivity index (χ4n) is 3.04. The molecule has 0 aliphatic carbocycles.